The lowest BCUT2D eigenvalue weighted by Crippen LogP contribution is -2.45. The largest absolute Gasteiger partial charge is 0.480 e. The summed E-state index contributed by atoms with van der Waals surface area (Å²) < 4.78 is 4.86. The van der Waals surface area contributed by atoms with E-state index in [2.05, 4.69) is 12.2 Å². The van der Waals surface area contributed by atoms with Gasteiger partial charge in [-0.05, 0) is 25.2 Å². The van der Waals surface area contributed by atoms with E-state index in [1.165, 1.54) is 13.5 Å². The van der Waals surface area contributed by atoms with Crippen LogP contribution in [-0.2, 0) is 9.53 Å². The van der Waals surface area contributed by atoms with Gasteiger partial charge < -0.3 is 9.84 Å². The van der Waals surface area contributed by atoms with Gasteiger partial charge in [0.25, 0.3) is 0 Å². The molecule has 82 valence electrons. The van der Waals surface area contributed by atoms with Crippen LogP contribution in [0.25, 0.3) is 0 Å². The van der Waals surface area contributed by atoms with E-state index >= 15 is 0 Å². The number of hydrogen-bond acceptors (Lipinski definition) is 3. The molecule has 1 rings (SSSR count). The van der Waals surface area contributed by atoms with Crippen molar-refractivity contribution in [3.05, 3.63) is 0 Å². The van der Waals surface area contributed by atoms with Crippen LogP contribution in [0.4, 0.5) is 0 Å². The summed E-state index contributed by atoms with van der Waals surface area (Å²) in [6.45, 7) is 2.44. The number of aliphatic carboxylic acids is 1. The average Bonchev–Trinajstić information content (AvgIpc) is 2.50. The van der Waals surface area contributed by atoms with Gasteiger partial charge in [-0.2, -0.15) is 0 Å². The van der Waals surface area contributed by atoms with E-state index in [0.29, 0.717) is 12.0 Å². The molecule has 1 saturated carbocycles. The molecule has 3 unspecified atom stereocenters. The van der Waals surface area contributed by atoms with Crippen molar-refractivity contribution in [1.29, 1.82) is 0 Å². The summed E-state index contributed by atoms with van der Waals surface area (Å²) >= 11 is 0. The molecule has 0 amide bonds. The Hall–Kier alpha value is -0.610. The summed E-state index contributed by atoms with van der Waals surface area (Å²) in [5.74, 6) is -0.115. The van der Waals surface area contributed by atoms with Crippen molar-refractivity contribution in [2.75, 3.05) is 13.7 Å². The molecule has 4 nitrogen and oxygen atoms in total. The smallest absolute Gasteiger partial charge is 0.323 e. The molecular weight excluding hydrogens is 182 g/mol. The van der Waals surface area contributed by atoms with Crippen molar-refractivity contribution >= 4 is 5.97 Å². The standard InChI is InChI=1S/C10H19NO3/c1-7-3-4-8(5-7)11-9(6-14-2)10(12)13/h7-9,11H,3-6H2,1-2H3,(H,12,13). The number of carbonyl (C=O) groups is 1. The minimum atomic E-state index is -0.827. The zero-order valence-electron chi connectivity index (χ0n) is 8.82. The Bertz CT molecular complexity index is 196. The van der Waals surface area contributed by atoms with E-state index in [4.69, 9.17) is 9.84 Å². The highest BCUT2D eigenvalue weighted by Gasteiger charge is 2.26. The van der Waals surface area contributed by atoms with Crippen LogP contribution < -0.4 is 5.32 Å². The van der Waals surface area contributed by atoms with Gasteiger partial charge >= 0.3 is 5.97 Å². The SMILES string of the molecule is COCC(NC1CCC(C)C1)C(=O)O. The van der Waals surface area contributed by atoms with Crippen molar-refractivity contribution in [1.82, 2.24) is 5.32 Å². The molecule has 0 radical (unpaired) electrons. The van der Waals surface area contributed by atoms with Gasteiger partial charge in [0.05, 0.1) is 6.61 Å². The zero-order chi connectivity index (χ0) is 10.6. The van der Waals surface area contributed by atoms with Crippen LogP contribution >= 0.6 is 0 Å². The molecule has 1 fully saturated rings. The fourth-order valence-corrected chi connectivity index (χ4v) is 2.00. The summed E-state index contributed by atoms with van der Waals surface area (Å²) in [5.41, 5.74) is 0. The van der Waals surface area contributed by atoms with Gasteiger partial charge in [-0.15, -0.1) is 0 Å². The molecular formula is C10H19NO3. The second kappa shape index (κ2) is 5.32. The molecule has 0 aromatic rings. The Morgan fingerprint density at radius 1 is 1.64 bits per heavy atom. The highest BCUT2D eigenvalue weighted by molar-refractivity contribution is 5.73. The molecule has 0 heterocycles. The molecule has 4 heteroatoms. The van der Waals surface area contributed by atoms with Crippen molar-refractivity contribution in [3.63, 3.8) is 0 Å². The van der Waals surface area contributed by atoms with Gasteiger partial charge in [0, 0.05) is 13.2 Å². The first kappa shape index (κ1) is 11.5. The topological polar surface area (TPSA) is 58.6 Å². The first-order valence-corrected chi connectivity index (χ1v) is 5.11. The van der Waals surface area contributed by atoms with E-state index in [0.717, 1.165) is 12.8 Å². The van der Waals surface area contributed by atoms with Crippen LogP contribution in [-0.4, -0.2) is 36.9 Å². The van der Waals surface area contributed by atoms with Gasteiger partial charge in [-0.25, -0.2) is 0 Å². The van der Waals surface area contributed by atoms with Gasteiger partial charge in [0.2, 0.25) is 0 Å². The summed E-state index contributed by atoms with van der Waals surface area (Å²) in [6, 6.07) is -0.212. The quantitative estimate of drug-likeness (QED) is 0.692. The molecule has 14 heavy (non-hydrogen) atoms. The zero-order valence-corrected chi connectivity index (χ0v) is 8.82. The normalized spacial score (nSPS) is 29.0. The Kier molecular flexibility index (Phi) is 4.35. The van der Waals surface area contributed by atoms with Crippen LogP contribution in [0.2, 0.25) is 0 Å². The summed E-state index contributed by atoms with van der Waals surface area (Å²) in [5, 5.41) is 12.0. The number of carboxylic acids is 1. The predicted molar refractivity (Wildman–Crippen MR) is 53.2 cm³/mol. The average molecular weight is 201 g/mol. The molecule has 0 aromatic carbocycles. The Balaban J connectivity index is 2.35. The van der Waals surface area contributed by atoms with Crippen LogP contribution in [0.1, 0.15) is 26.2 Å². The van der Waals surface area contributed by atoms with Gasteiger partial charge in [-0.3, -0.25) is 10.1 Å². The molecule has 1 aliphatic carbocycles. The third-order valence-electron chi connectivity index (χ3n) is 2.76. The first-order valence-electron chi connectivity index (χ1n) is 5.11. The lowest BCUT2D eigenvalue weighted by molar-refractivity contribution is -0.141. The molecule has 3 atom stereocenters. The van der Waals surface area contributed by atoms with Crippen molar-refractivity contribution in [2.24, 2.45) is 5.92 Å². The molecule has 0 saturated heterocycles. The summed E-state index contributed by atoms with van der Waals surface area (Å²) in [6.07, 6.45) is 3.35. The van der Waals surface area contributed by atoms with Gasteiger partial charge in [0.1, 0.15) is 6.04 Å². The fourth-order valence-electron chi connectivity index (χ4n) is 2.00. The van der Waals surface area contributed by atoms with Crippen molar-refractivity contribution in [2.45, 2.75) is 38.3 Å². The molecule has 0 bridgehead atoms. The lowest BCUT2D eigenvalue weighted by Gasteiger charge is -2.18. The molecule has 2 N–H and O–H groups in total. The number of hydrogen-bond donors (Lipinski definition) is 2. The van der Waals surface area contributed by atoms with Crippen LogP contribution in [0, 0.1) is 5.92 Å². The maximum Gasteiger partial charge on any atom is 0.323 e. The highest BCUT2D eigenvalue weighted by Crippen LogP contribution is 2.24. The monoisotopic (exact) mass is 201 g/mol. The third-order valence-corrected chi connectivity index (χ3v) is 2.76. The Morgan fingerprint density at radius 2 is 2.36 bits per heavy atom. The highest BCUT2D eigenvalue weighted by atomic mass is 16.5. The maximum absolute atomic E-state index is 10.8. The number of carboxylic acid groups (broad SMARTS) is 1. The molecule has 0 aromatic heterocycles. The number of rotatable bonds is 5. The van der Waals surface area contributed by atoms with E-state index in [1.54, 1.807) is 0 Å². The minimum absolute atomic E-state index is 0.236. The van der Waals surface area contributed by atoms with E-state index < -0.39 is 12.0 Å². The van der Waals surface area contributed by atoms with Crippen molar-refractivity contribution < 1.29 is 14.6 Å². The number of ether oxygens (including phenoxy) is 1. The lowest BCUT2D eigenvalue weighted by atomic mass is 10.1. The summed E-state index contributed by atoms with van der Waals surface area (Å²) in [4.78, 5) is 10.8. The fraction of sp³-hybridized carbons (Fsp3) is 0.900. The maximum atomic E-state index is 10.8. The molecule has 0 aliphatic heterocycles. The minimum Gasteiger partial charge on any atom is -0.480 e. The number of nitrogens with one attached hydrogen (secondary N) is 1. The predicted octanol–water partition coefficient (Wildman–Crippen LogP) is 0.864. The second-order valence-electron chi connectivity index (χ2n) is 4.13. The Morgan fingerprint density at radius 3 is 2.79 bits per heavy atom. The van der Waals surface area contributed by atoms with E-state index in [9.17, 15) is 4.79 Å². The first-order chi connectivity index (χ1) is 6.63. The van der Waals surface area contributed by atoms with E-state index in [1.807, 2.05) is 0 Å². The van der Waals surface area contributed by atoms with Crippen LogP contribution in [0.5, 0.6) is 0 Å². The van der Waals surface area contributed by atoms with Crippen molar-refractivity contribution in [3.8, 4) is 0 Å². The molecule has 0 spiro atoms. The van der Waals surface area contributed by atoms with Gasteiger partial charge in [-0.1, -0.05) is 6.92 Å². The molecule has 1 aliphatic rings. The van der Waals surface area contributed by atoms with E-state index in [-0.39, 0.29) is 6.61 Å². The van der Waals surface area contributed by atoms with Gasteiger partial charge in [0.15, 0.2) is 0 Å². The number of methoxy groups -OCH3 is 1. The second-order valence-corrected chi connectivity index (χ2v) is 4.13. The summed E-state index contributed by atoms with van der Waals surface area (Å²) in [7, 11) is 1.52. The van der Waals surface area contributed by atoms with Crippen LogP contribution in [0.3, 0.4) is 0 Å². The Labute approximate surface area is 84.6 Å². The third kappa shape index (κ3) is 3.27. The van der Waals surface area contributed by atoms with Crippen LogP contribution in [0.15, 0.2) is 0 Å².